The Balaban J connectivity index is 3.39. The second-order valence-corrected chi connectivity index (χ2v) is 4.92. The largest absolute Gasteiger partial charge is 0.504 e. The fourth-order valence-electron chi connectivity index (χ4n) is 1.87. The summed E-state index contributed by atoms with van der Waals surface area (Å²) in [6, 6.07) is 3.94. The summed E-state index contributed by atoms with van der Waals surface area (Å²) in [6.45, 7) is 3.21. The van der Waals surface area contributed by atoms with Crippen LogP contribution in [-0.4, -0.2) is 25.3 Å². The lowest BCUT2D eigenvalue weighted by Gasteiger charge is -2.29. The van der Waals surface area contributed by atoms with E-state index < -0.39 is 17.4 Å². The number of methoxy groups -OCH3 is 2. The SMILES string of the molecule is COC(=O)C(C)(C)[C@@H](N)c1cc(C#N)cc(OC)c1O. The third-order valence-electron chi connectivity index (χ3n) is 3.28. The van der Waals surface area contributed by atoms with Gasteiger partial charge in [0.25, 0.3) is 0 Å². The summed E-state index contributed by atoms with van der Waals surface area (Å²) < 4.78 is 9.72. The molecule has 0 saturated heterocycles. The zero-order chi connectivity index (χ0) is 15.5. The van der Waals surface area contributed by atoms with Gasteiger partial charge in [-0.15, -0.1) is 0 Å². The highest BCUT2D eigenvalue weighted by atomic mass is 16.5. The van der Waals surface area contributed by atoms with Crippen molar-refractivity contribution in [2.45, 2.75) is 19.9 Å². The van der Waals surface area contributed by atoms with E-state index in [0.29, 0.717) is 0 Å². The molecule has 108 valence electrons. The lowest BCUT2D eigenvalue weighted by Crippen LogP contribution is -2.37. The van der Waals surface area contributed by atoms with E-state index in [-0.39, 0.29) is 22.6 Å². The standard InChI is InChI=1S/C14H18N2O4/c1-14(2,13(18)20-4)12(16)9-5-8(7-15)6-10(19-3)11(9)17/h5-6,12,17H,16H2,1-4H3/t12-/m0/s1. The number of hydrogen-bond donors (Lipinski definition) is 2. The summed E-state index contributed by atoms with van der Waals surface area (Å²) in [5, 5.41) is 19.1. The topological polar surface area (TPSA) is 106 Å². The molecule has 0 bridgehead atoms. The Morgan fingerprint density at radius 2 is 2.05 bits per heavy atom. The summed E-state index contributed by atoms with van der Waals surface area (Å²) in [5.74, 6) is -0.558. The lowest BCUT2D eigenvalue weighted by molar-refractivity contribution is -0.152. The first-order valence-corrected chi connectivity index (χ1v) is 5.94. The number of esters is 1. The Kier molecular flexibility index (Phi) is 4.58. The highest BCUT2D eigenvalue weighted by molar-refractivity contribution is 5.77. The van der Waals surface area contributed by atoms with Crippen LogP contribution in [0.2, 0.25) is 0 Å². The molecule has 0 spiro atoms. The van der Waals surface area contributed by atoms with Crippen LogP contribution in [-0.2, 0) is 9.53 Å². The molecule has 0 aromatic heterocycles. The van der Waals surface area contributed by atoms with Gasteiger partial charge in [-0.05, 0) is 19.9 Å². The van der Waals surface area contributed by atoms with Crippen molar-refractivity contribution in [3.05, 3.63) is 23.3 Å². The van der Waals surface area contributed by atoms with E-state index in [1.807, 2.05) is 6.07 Å². The first-order chi connectivity index (χ1) is 9.29. The minimum atomic E-state index is -1.06. The number of nitrogens with two attached hydrogens (primary N) is 1. The molecule has 0 radical (unpaired) electrons. The molecule has 0 fully saturated rings. The smallest absolute Gasteiger partial charge is 0.313 e. The van der Waals surface area contributed by atoms with Gasteiger partial charge in [-0.2, -0.15) is 5.26 Å². The molecule has 0 saturated carbocycles. The highest BCUT2D eigenvalue weighted by Gasteiger charge is 2.38. The minimum Gasteiger partial charge on any atom is -0.504 e. The molecule has 0 aliphatic carbocycles. The summed E-state index contributed by atoms with van der Waals surface area (Å²) in [7, 11) is 2.64. The predicted octanol–water partition coefficient (Wildman–Crippen LogP) is 1.47. The maximum Gasteiger partial charge on any atom is 0.313 e. The van der Waals surface area contributed by atoms with E-state index in [0.717, 1.165) is 0 Å². The van der Waals surface area contributed by atoms with Gasteiger partial charge in [0.1, 0.15) is 0 Å². The van der Waals surface area contributed by atoms with Crippen LogP contribution in [0.15, 0.2) is 12.1 Å². The Bertz CT molecular complexity index is 561. The van der Waals surface area contributed by atoms with Gasteiger partial charge in [-0.3, -0.25) is 4.79 Å². The second kappa shape index (κ2) is 5.80. The van der Waals surface area contributed by atoms with Gasteiger partial charge in [-0.1, -0.05) is 0 Å². The van der Waals surface area contributed by atoms with Gasteiger partial charge < -0.3 is 20.3 Å². The molecule has 20 heavy (non-hydrogen) atoms. The minimum absolute atomic E-state index is 0.134. The van der Waals surface area contributed by atoms with Crippen molar-refractivity contribution in [1.29, 1.82) is 5.26 Å². The number of nitrogens with zero attached hydrogens (tertiary/aromatic N) is 1. The monoisotopic (exact) mass is 278 g/mol. The van der Waals surface area contributed by atoms with Gasteiger partial charge in [-0.25, -0.2) is 0 Å². The molecule has 1 aromatic carbocycles. The summed E-state index contributed by atoms with van der Waals surface area (Å²) in [5.41, 5.74) is 5.55. The molecule has 0 unspecified atom stereocenters. The lowest BCUT2D eigenvalue weighted by atomic mass is 9.80. The number of carbonyl (C=O) groups is 1. The molecule has 1 rings (SSSR count). The molecular weight excluding hydrogens is 260 g/mol. The van der Waals surface area contributed by atoms with Crippen molar-refractivity contribution < 1.29 is 19.4 Å². The van der Waals surface area contributed by atoms with E-state index in [1.165, 1.54) is 26.4 Å². The van der Waals surface area contributed by atoms with Crippen molar-refractivity contribution in [1.82, 2.24) is 0 Å². The third kappa shape index (κ3) is 2.68. The summed E-state index contributed by atoms with van der Waals surface area (Å²) in [6.07, 6.45) is 0. The molecule has 6 nitrogen and oxygen atoms in total. The van der Waals surface area contributed by atoms with Crippen LogP contribution < -0.4 is 10.5 Å². The number of nitriles is 1. The van der Waals surface area contributed by atoms with Crippen molar-refractivity contribution in [2.75, 3.05) is 14.2 Å². The van der Waals surface area contributed by atoms with Crippen LogP contribution in [0, 0.1) is 16.7 Å². The molecular formula is C14H18N2O4. The number of rotatable bonds is 4. The molecule has 1 atom stereocenters. The Hall–Kier alpha value is -2.26. The fraction of sp³-hybridized carbons (Fsp3) is 0.429. The van der Waals surface area contributed by atoms with Crippen molar-refractivity contribution >= 4 is 5.97 Å². The van der Waals surface area contributed by atoms with E-state index in [4.69, 9.17) is 20.5 Å². The number of aromatic hydroxyl groups is 1. The zero-order valence-corrected chi connectivity index (χ0v) is 11.9. The van der Waals surface area contributed by atoms with Crippen LogP contribution in [0.25, 0.3) is 0 Å². The van der Waals surface area contributed by atoms with Crippen LogP contribution in [0.5, 0.6) is 11.5 Å². The van der Waals surface area contributed by atoms with Gasteiger partial charge in [0.15, 0.2) is 11.5 Å². The van der Waals surface area contributed by atoms with Crippen LogP contribution in [0.4, 0.5) is 0 Å². The van der Waals surface area contributed by atoms with Crippen molar-refractivity contribution in [3.63, 3.8) is 0 Å². The number of phenols is 1. The fourth-order valence-corrected chi connectivity index (χ4v) is 1.87. The molecule has 0 heterocycles. The number of benzene rings is 1. The summed E-state index contributed by atoms with van der Waals surface area (Å²) >= 11 is 0. The highest BCUT2D eigenvalue weighted by Crippen LogP contribution is 2.41. The molecule has 1 aromatic rings. The third-order valence-corrected chi connectivity index (χ3v) is 3.28. The summed E-state index contributed by atoms with van der Waals surface area (Å²) in [4.78, 5) is 11.8. The van der Waals surface area contributed by atoms with E-state index in [2.05, 4.69) is 0 Å². The van der Waals surface area contributed by atoms with Crippen molar-refractivity contribution in [2.24, 2.45) is 11.1 Å². The normalized spacial score (nSPS) is 12.4. The van der Waals surface area contributed by atoms with Gasteiger partial charge in [0, 0.05) is 17.7 Å². The second-order valence-electron chi connectivity index (χ2n) is 4.92. The maximum atomic E-state index is 11.8. The van der Waals surface area contributed by atoms with E-state index in [1.54, 1.807) is 13.8 Å². The number of hydrogen-bond acceptors (Lipinski definition) is 6. The van der Waals surface area contributed by atoms with E-state index in [9.17, 15) is 9.90 Å². The quantitative estimate of drug-likeness (QED) is 0.808. The van der Waals surface area contributed by atoms with Gasteiger partial charge >= 0.3 is 5.97 Å². The van der Waals surface area contributed by atoms with Crippen LogP contribution in [0.3, 0.4) is 0 Å². The first kappa shape index (κ1) is 15.8. The maximum absolute atomic E-state index is 11.8. The molecule has 0 amide bonds. The van der Waals surface area contributed by atoms with Gasteiger partial charge in [0.05, 0.1) is 31.3 Å². The van der Waals surface area contributed by atoms with Crippen LogP contribution in [0.1, 0.15) is 31.0 Å². The van der Waals surface area contributed by atoms with Crippen LogP contribution >= 0.6 is 0 Å². The predicted molar refractivity (Wildman–Crippen MR) is 72.1 cm³/mol. The molecule has 3 N–H and O–H groups in total. The molecule has 0 aliphatic heterocycles. The first-order valence-electron chi connectivity index (χ1n) is 5.94. The average molecular weight is 278 g/mol. The van der Waals surface area contributed by atoms with Crippen molar-refractivity contribution in [3.8, 4) is 17.6 Å². The molecule has 0 aliphatic rings. The number of carbonyl (C=O) groups excluding carboxylic acids is 1. The number of ether oxygens (including phenoxy) is 2. The van der Waals surface area contributed by atoms with Gasteiger partial charge in [0.2, 0.25) is 0 Å². The Labute approximate surface area is 117 Å². The Morgan fingerprint density at radius 3 is 2.50 bits per heavy atom. The zero-order valence-electron chi connectivity index (χ0n) is 11.9. The Morgan fingerprint density at radius 1 is 1.45 bits per heavy atom. The average Bonchev–Trinajstić information content (AvgIpc) is 2.45. The number of phenolic OH excluding ortho intramolecular Hbond substituents is 1. The van der Waals surface area contributed by atoms with E-state index >= 15 is 0 Å². The molecule has 6 heteroatoms.